The molecule has 2 aromatic heterocycles. The standard InChI is InChI=1S/C55H36N2Si/c1-3-17-37(18-4-1)56-49-26-12-9-23-42(49)48-35-45-36(32-52(48)56)31-47-46(45)33-39(34-53(47)57-50-27-13-7-21-40(50)41-22-8-14-28-51(41)57)58(38-19-5-2-6-20-38)54-29-15-10-24-43(54)44-25-11-16-30-55(44)58/h1-30,32-35H,31H2. The second-order valence-corrected chi connectivity index (χ2v) is 19.7. The lowest BCUT2D eigenvalue weighted by molar-refractivity contribution is 1.12. The van der Waals surface area contributed by atoms with Crippen molar-refractivity contribution in [2.24, 2.45) is 0 Å². The highest BCUT2D eigenvalue weighted by atomic mass is 28.3. The summed E-state index contributed by atoms with van der Waals surface area (Å²) in [5.74, 6) is 0. The first-order valence-corrected chi connectivity index (χ1v) is 22.3. The summed E-state index contributed by atoms with van der Waals surface area (Å²) in [6, 6.07) is 77.9. The van der Waals surface area contributed by atoms with Crippen LogP contribution in [0.1, 0.15) is 11.1 Å². The van der Waals surface area contributed by atoms with E-state index < -0.39 is 8.07 Å². The van der Waals surface area contributed by atoms with Gasteiger partial charge in [-0.1, -0.05) is 158 Å². The predicted molar refractivity (Wildman–Crippen MR) is 246 cm³/mol. The molecule has 0 bridgehead atoms. The predicted octanol–water partition coefficient (Wildman–Crippen LogP) is 10.8. The maximum atomic E-state index is 2.62. The van der Waals surface area contributed by atoms with Crippen molar-refractivity contribution in [3.05, 3.63) is 217 Å². The topological polar surface area (TPSA) is 9.86 Å². The molecule has 3 heteroatoms. The zero-order valence-electron chi connectivity index (χ0n) is 31.7. The van der Waals surface area contributed by atoms with E-state index in [1.807, 2.05) is 0 Å². The Kier molecular flexibility index (Phi) is 6.56. The van der Waals surface area contributed by atoms with Gasteiger partial charge in [-0.25, -0.2) is 0 Å². The minimum absolute atomic E-state index is 0.862. The van der Waals surface area contributed by atoms with Gasteiger partial charge in [-0.15, -0.1) is 0 Å². The van der Waals surface area contributed by atoms with Crippen LogP contribution in [0.2, 0.25) is 0 Å². The minimum atomic E-state index is -2.82. The first-order valence-electron chi connectivity index (χ1n) is 20.3. The van der Waals surface area contributed by atoms with Crippen molar-refractivity contribution in [1.29, 1.82) is 0 Å². The molecule has 2 aliphatic rings. The molecule has 13 rings (SSSR count). The number of nitrogens with zero attached hydrogens (tertiary/aromatic N) is 2. The van der Waals surface area contributed by atoms with Crippen LogP contribution in [-0.4, -0.2) is 17.2 Å². The molecule has 0 fully saturated rings. The van der Waals surface area contributed by atoms with Crippen LogP contribution >= 0.6 is 0 Å². The zero-order chi connectivity index (χ0) is 38.0. The van der Waals surface area contributed by atoms with Crippen LogP contribution in [0.3, 0.4) is 0 Å². The second-order valence-electron chi connectivity index (χ2n) is 16.0. The Morgan fingerprint density at radius 3 is 1.50 bits per heavy atom. The van der Waals surface area contributed by atoms with Gasteiger partial charge in [0.05, 0.1) is 27.8 Å². The first kappa shape index (κ1) is 31.9. The lowest BCUT2D eigenvalue weighted by Gasteiger charge is -2.32. The third-order valence-electron chi connectivity index (χ3n) is 13.2. The Hall–Kier alpha value is -7.20. The molecule has 9 aromatic carbocycles. The smallest absolute Gasteiger partial charge is 0.180 e. The Morgan fingerprint density at radius 2 is 0.862 bits per heavy atom. The van der Waals surface area contributed by atoms with Gasteiger partial charge in [-0.3, -0.25) is 0 Å². The van der Waals surface area contributed by atoms with Crippen molar-refractivity contribution in [2.75, 3.05) is 0 Å². The summed E-state index contributed by atoms with van der Waals surface area (Å²) >= 11 is 0. The molecular formula is C55H36N2Si. The van der Waals surface area contributed by atoms with Crippen LogP contribution in [0, 0.1) is 0 Å². The van der Waals surface area contributed by atoms with Crippen LogP contribution < -0.4 is 20.7 Å². The molecule has 11 aromatic rings. The molecule has 270 valence electrons. The van der Waals surface area contributed by atoms with Crippen molar-refractivity contribution in [3.8, 4) is 33.6 Å². The Labute approximate surface area is 337 Å². The normalized spacial score (nSPS) is 13.6. The number of aromatic nitrogens is 2. The van der Waals surface area contributed by atoms with Crippen molar-refractivity contribution in [3.63, 3.8) is 0 Å². The molecule has 0 spiro atoms. The second kappa shape index (κ2) is 11.9. The average Bonchev–Trinajstić information content (AvgIpc) is 4.01. The Bertz CT molecular complexity index is 3380. The van der Waals surface area contributed by atoms with E-state index in [1.165, 1.54) is 109 Å². The molecule has 0 N–H and O–H groups in total. The van der Waals surface area contributed by atoms with Crippen molar-refractivity contribution in [2.45, 2.75) is 6.42 Å². The number of para-hydroxylation sites is 4. The van der Waals surface area contributed by atoms with Crippen molar-refractivity contribution >= 4 is 72.4 Å². The van der Waals surface area contributed by atoms with Gasteiger partial charge in [0.25, 0.3) is 0 Å². The van der Waals surface area contributed by atoms with Crippen molar-refractivity contribution in [1.82, 2.24) is 9.13 Å². The van der Waals surface area contributed by atoms with Gasteiger partial charge >= 0.3 is 0 Å². The molecule has 0 unspecified atom stereocenters. The summed E-state index contributed by atoms with van der Waals surface area (Å²) in [5.41, 5.74) is 15.7. The molecule has 58 heavy (non-hydrogen) atoms. The van der Waals surface area contributed by atoms with E-state index in [4.69, 9.17) is 0 Å². The first-order chi connectivity index (χ1) is 28.8. The van der Waals surface area contributed by atoms with Gasteiger partial charge in [0.1, 0.15) is 0 Å². The van der Waals surface area contributed by atoms with Gasteiger partial charge in [0, 0.05) is 33.7 Å². The van der Waals surface area contributed by atoms with Crippen molar-refractivity contribution < 1.29 is 0 Å². The molecule has 0 atom stereocenters. The average molecular weight is 753 g/mol. The molecule has 0 saturated heterocycles. The number of rotatable bonds is 4. The van der Waals surface area contributed by atoms with Gasteiger partial charge < -0.3 is 9.13 Å². The van der Waals surface area contributed by atoms with Gasteiger partial charge in [-0.2, -0.15) is 0 Å². The van der Waals surface area contributed by atoms with E-state index >= 15 is 0 Å². The summed E-state index contributed by atoms with van der Waals surface area (Å²) in [4.78, 5) is 0. The van der Waals surface area contributed by atoms with E-state index in [0.29, 0.717) is 0 Å². The molecule has 1 aliphatic carbocycles. The maximum Gasteiger partial charge on any atom is 0.180 e. The Morgan fingerprint density at radius 1 is 0.345 bits per heavy atom. The number of benzene rings is 9. The third kappa shape index (κ3) is 4.16. The van der Waals surface area contributed by atoms with Crippen LogP contribution in [0.4, 0.5) is 0 Å². The van der Waals surface area contributed by atoms with E-state index in [0.717, 1.165) is 6.42 Å². The molecule has 2 nitrogen and oxygen atoms in total. The van der Waals surface area contributed by atoms with Crippen LogP contribution in [0.5, 0.6) is 0 Å². The van der Waals surface area contributed by atoms with E-state index in [2.05, 4.69) is 215 Å². The lowest BCUT2D eigenvalue weighted by atomic mass is 10.0. The number of fused-ring (bicyclic) bond motifs is 12. The lowest BCUT2D eigenvalue weighted by Crippen LogP contribution is -2.72. The van der Waals surface area contributed by atoms with E-state index in [-0.39, 0.29) is 0 Å². The molecular weight excluding hydrogens is 717 g/mol. The monoisotopic (exact) mass is 752 g/mol. The summed E-state index contributed by atoms with van der Waals surface area (Å²) < 4.78 is 5.04. The Balaban J connectivity index is 1.19. The highest BCUT2D eigenvalue weighted by Crippen LogP contribution is 2.46. The summed E-state index contributed by atoms with van der Waals surface area (Å²) in [5, 5.41) is 10.9. The highest BCUT2D eigenvalue weighted by molar-refractivity contribution is 7.22. The summed E-state index contributed by atoms with van der Waals surface area (Å²) in [7, 11) is -2.82. The fraction of sp³-hybridized carbons (Fsp3) is 0.0182. The number of hydrogen-bond acceptors (Lipinski definition) is 0. The third-order valence-corrected chi connectivity index (χ3v) is 18.1. The quantitative estimate of drug-likeness (QED) is 0.159. The van der Waals surface area contributed by atoms with Crippen LogP contribution in [-0.2, 0) is 6.42 Å². The summed E-state index contributed by atoms with van der Waals surface area (Å²) in [6.45, 7) is 0. The maximum absolute atomic E-state index is 2.82. The molecule has 0 amide bonds. The fourth-order valence-electron chi connectivity index (χ4n) is 10.9. The molecule has 3 heterocycles. The SMILES string of the molecule is c1ccc(-n2c3ccccc3c3cc4c(cc32)Cc2c-4cc([Si]3(c4ccccc4)c4ccccc4-c4ccccc43)cc2-n2c3ccccc3c3ccccc32)cc1. The number of hydrogen-bond donors (Lipinski definition) is 0. The zero-order valence-corrected chi connectivity index (χ0v) is 32.7. The molecule has 1 aliphatic heterocycles. The largest absolute Gasteiger partial charge is 0.309 e. The fourth-order valence-corrected chi connectivity index (χ4v) is 16.1. The van der Waals surface area contributed by atoms with E-state index in [1.54, 1.807) is 0 Å². The molecule has 0 saturated carbocycles. The van der Waals surface area contributed by atoms with Crippen LogP contribution in [0.25, 0.3) is 77.2 Å². The van der Waals surface area contributed by atoms with Gasteiger partial charge in [-0.05, 0) is 103 Å². The van der Waals surface area contributed by atoms with Crippen LogP contribution in [0.15, 0.2) is 206 Å². The minimum Gasteiger partial charge on any atom is -0.309 e. The highest BCUT2D eigenvalue weighted by Gasteiger charge is 2.49. The van der Waals surface area contributed by atoms with E-state index in [9.17, 15) is 0 Å². The summed E-state index contributed by atoms with van der Waals surface area (Å²) in [6.07, 6.45) is 0.862. The molecule has 0 radical (unpaired) electrons. The van der Waals surface area contributed by atoms with Gasteiger partial charge in [0.15, 0.2) is 8.07 Å². The van der Waals surface area contributed by atoms with Gasteiger partial charge in [0.2, 0.25) is 0 Å².